The van der Waals surface area contributed by atoms with Gasteiger partial charge in [0, 0.05) is 33.8 Å². The summed E-state index contributed by atoms with van der Waals surface area (Å²) in [4.78, 5) is 22.7. The molecule has 2 amide bonds. The summed E-state index contributed by atoms with van der Waals surface area (Å²) in [5.41, 5.74) is 0.209. The van der Waals surface area contributed by atoms with Gasteiger partial charge in [0.1, 0.15) is 0 Å². The molecular weight excluding hydrogens is 348 g/mol. The zero-order valence-corrected chi connectivity index (χ0v) is 13.2. The molecular formula is C12H15BrN2O4S. The predicted molar refractivity (Wildman–Crippen MR) is 81.7 cm³/mol. The van der Waals surface area contributed by atoms with Crippen LogP contribution in [0, 0.1) is 0 Å². The number of carbonyl (C=O) groups is 2. The van der Waals surface area contributed by atoms with Gasteiger partial charge in [-0.1, -0.05) is 6.07 Å². The summed E-state index contributed by atoms with van der Waals surface area (Å²) in [6, 6.07) is 4.12. The molecule has 0 bridgehead atoms. The Bertz CT molecular complexity index is 536. The molecule has 6 nitrogen and oxygen atoms in total. The Morgan fingerprint density at radius 3 is 2.70 bits per heavy atom. The number of hydrogen-bond donors (Lipinski definition) is 3. The number of anilines is 1. The van der Waals surface area contributed by atoms with Crippen LogP contribution >= 0.6 is 15.9 Å². The minimum Gasteiger partial charge on any atom is -0.478 e. The lowest BCUT2D eigenvalue weighted by Crippen LogP contribution is -2.31. The molecule has 0 aliphatic heterocycles. The maximum absolute atomic E-state index is 11.7. The predicted octanol–water partition coefficient (Wildman–Crippen LogP) is 2.04. The Labute approximate surface area is 127 Å². The molecule has 0 saturated heterocycles. The second-order valence-corrected chi connectivity index (χ2v) is 6.39. The molecule has 0 aliphatic rings. The van der Waals surface area contributed by atoms with Gasteiger partial charge in [-0.2, -0.15) is 0 Å². The van der Waals surface area contributed by atoms with E-state index in [4.69, 9.17) is 5.11 Å². The van der Waals surface area contributed by atoms with Gasteiger partial charge in [0.05, 0.1) is 11.3 Å². The Morgan fingerprint density at radius 2 is 2.10 bits per heavy atom. The third-order valence-electron chi connectivity index (χ3n) is 2.38. The van der Waals surface area contributed by atoms with Crippen LogP contribution in [-0.2, 0) is 10.8 Å². The fourth-order valence-corrected chi connectivity index (χ4v) is 2.48. The van der Waals surface area contributed by atoms with Crippen LogP contribution in [0.2, 0.25) is 0 Å². The average Bonchev–Trinajstić information content (AvgIpc) is 2.36. The highest BCUT2D eigenvalue weighted by atomic mass is 79.9. The SMILES string of the molecule is CS(=O)CCCNC(=O)Nc1c(Br)cccc1C(=O)O. The molecule has 110 valence electrons. The second-order valence-electron chi connectivity index (χ2n) is 3.98. The minimum atomic E-state index is -1.12. The number of nitrogens with one attached hydrogen (secondary N) is 2. The van der Waals surface area contributed by atoms with Gasteiger partial charge in [0.15, 0.2) is 0 Å². The Balaban J connectivity index is 2.62. The summed E-state index contributed by atoms with van der Waals surface area (Å²) >= 11 is 3.20. The summed E-state index contributed by atoms with van der Waals surface area (Å²) in [5.74, 6) is -0.613. The standard InChI is InChI=1S/C12H15BrN2O4S/c1-20(19)7-3-6-14-12(18)15-10-8(11(16)17)4-2-5-9(10)13/h2,4-5H,3,6-7H2,1H3,(H,16,17)(H2,14,15,18). The summed E-state index contributed by atoms with van der Waals surface area (Å²) in [5, 5.41) is 14.1. The molecule has 1 aromatic carbocycles. The maximum Gasteiger partial charge on any atom is 0.337 e. The first kappa shape index (κ1) is 16.6. The fourth-order valence-electron chi connectivity index (χ4n) is 1.46. The van der Waals surface area contributed by atoms with Gasteiger partial charge in [-0.05, 0) is 34.5 Å². The smallest absolute Gasteiger partial charge is 0.337 e. The van der Waals surface area contributed by atoms with Crippen molar-refractivity contribution in [2.75, 3.05) is 23.9 Å². The molecule has 0 radical (unpaired) electrons. The van der Waals surface area contributed by atoms with Gasteiger partial charge in [-0.3, -0.25) is 4.21 Å². The monoisotopic (exact) mass is 362 g/mol. The fraction of sp³-hybridized carbons (Fsp3) is 0.333. The first-order valence-electron chi connectivity index (χ1n) is 5.78. The third kappa shape index (κ3) is 5.30. The molecule has 0 aromatic heterocycles. The van der Waals surface area contributed by atoms with E-state index < -0.39 is 22.8 Å². The summed E-state index contributed by atoms with van der Waals surface area (Å²) < 4.78 is 11.3. The van der Waals surface area contributed by atoms with E-state index in [-0.39, 0.29) is 11.3 Å². The van der Waals surface area contributed by atoms with Crippen LogP contribution in [0.4, 0.5) is 10.5 Å². The van der Waals surface area contributed by atoms with E-state index in [1.165, 1.54) is 6.07 Å². The van der Waals surface area contributed by atoms with E-state index in [1.807, 2.05) is 0 Å². The highest BCUT2D eigenvalue weighted by Crippen LogP contribution is 2.26. The molecule has 0 heterocycles. The largest absolute Gasteiger partial charge is 0.478 e. The zero-order valence-electron chi connectivity index (χ0n) is 10.8. The van der Waals surface area contributed by atoms with Crippen LogP contribution in [0.1, 0.15) is 16.8 Å². The lowest BCUT2D eigenvalue weighted by molar-refractivity contribution is 0.0698. The lowest BCUT2D eigenvalue weighted by atomic mass is 10.2. The van der Waals surface area contributed by atoms with Crippen molar-refractivity contribution in [2.24, 2.45) is 0 Å². The minimum absolute atomic E-state index is 0.00388. The topological polar surface area (TPSA) is 95.5 Å². The highest BCUT2D eigenvalue weighted by Gasteiger charge is 2.14. The number of carbonyl (C=O) groups excluding carboxylic acids is 1. The Hall–Kier alpha value is -1.41. The molecule has 0 fully saturated rings. The van der Waals surface area contributed by atoms with Crippen molar-refractivity contribution in [1.29, 1.82) is 0 Å². The van der Waals surface area contributed by atoms with Gasteiger partial charge in [-0.25, -0.2) is 9.59 Å². The summed E-state index contributed by atoms with van der Waals surface area (Å²) in [6.07, 6.45) is 2.19. The van der Waals surface area contributed by atoms with Gasteiger partial charge < -0.3 is 15.7 Å². The number of aromatic carboxylic acids is 1. The first-order valence-corrected chi connectivity index (χ1v) is 8.30. The van der Waals surface area contributed by atoms with E-state index in [1.54, 1.807) is 18.4 Å². The van der Waals surface area contributed by atoms with Crippen molar-refractivity contribution < 1.29 is 18.9 Å². The van der Waals surface area contributed by atoms with E-state index in [0.29, 0.717) is 23.2 Å². The van der Waals surface area contributed by atoms with Crippen LogP contribution in [0.25, 0.3) is 0 Å². The molecule has 1 rings (SSSR count). The number of hydrogen-bond acceptors (Lipinski definition) is 3. The second kappa shape index (κ2) is 8.01. The molecule has 8 heteroatoms. The van der Waals surface area contributed by atoms with Crippen LogP contribution < -0.4 is 10.6 Å². The number of benzene rings is 1. The van der Waals surface area contributed by atoms with Gasteiger partial charge in [-0.15, -0.1) is 0 Å². The highest BCUT2D eigenvalue weighted by molar-refractivity contribution is 9.10. The van der Waals surface area contributed by atoms with Gasteiger partial charge in [0.2, 0.25) is 0 Å². The molecule has 0 saturated carbocycles. The molecule has 1 aromatic rings. The number of rotatable bonds is 6. The van der Waals surface area contributed by atoms with Crippen molar-refractivity contribution in [3.8, 4) is 0 Å². The normalized spacial score (nSPS) is 11.7. The lowest BCUT2D eigenvalue weighted by Gasteiger charge is -2.11. The summed E-state index contributed by atoms with van der Waals surface area (Å²) in [7, 11) is -0.889. The van der Waals surface area contributed by atoms with Crippen LogP contribution in [0.3, 0.4) is 0 Å². The van der Waals surface area contributed by atoms with E-state index >= 15 is 0 Å². The van der Waals surface area contributed by atoms with Crippen LogP contribution in [-0.4, -0.2) is 39.9 Å². The maximum atomic E-state index is 11.7. The number of carboxylic acid groups (broad SMARTS) is 1. The first-order chi connectivity index (χ1) is 9.41. The molecule has 20 heavy (non-hydrogen) atoms. The van der Waals surface area contributed by atoms with Crippen molar-refractivity contribution in [2.45, 2.75) is 6.42 Å². The van der Waals surface area contributed by atoms with Crippen LogP contribution in [0.5, 0.6) is 0 Å². The van der Waals surface area contributed by atoms with Crippen LogP contribution in [0.15, 0.2) is 22.7 Å². The molecule has 1 unspecified atom stereocenters. The number of para-hydroxylation sites is 1. The van der Waals surface area contributed by atoms with Crippen molar-refractivity contribution in [3.05, 3.63) is 28.2 Å². The van der Waals surface area contributed by atoms with Gasteiger partial charge in [0.25, 0.3) is 0 Å². The molecule has 0 spiro atoms. The van der Waals surface area contributed by atoms with E-state index in [0.717, 1.165) is 0 Å². The quantitative estimate of drug-likeness (QED) is 0.674. The molecule has 0 aliphatic carbocycles. The molecule has 3 N–H and O–H groups in total. The Kier molecular flexibility index (Phi) is 6.66. The summed E-state index contributed by atoms with van der Waals surface area (Å²) in [6.45, 7) is 0.373. The van der Waals surface area contributed by atoms with E-state index in [9.17, 15) is 13.8 Å². The number of urea groups is 1. The number of halogens is 1. The zero-order chi connectivity index (χ0) is 15.1. The average molecular weight is 363 g/mol. The third-order valence-corrected chi connectivity index (χ3v) is 3.90. The van der Waals surface area contributed by atoms with Crippen molar-refractivity contribution >= 4 is 44.4 Å². The van der Waals surface area contributed by atoms with Crippen molar-refractivity contribution in [1.82, 2.24) is 5.32 Å². The number of carboxylic acids is 1. The van der Waals surface area contributed by atoms with E-state index in [2.05, 4.69) is 26.6 Å². The van der Waals surface area contributed by atoms with Gasteiger partial charge >= 0.3 is 12.0 Å². The Morgan fingerprint density at radius 1 is 1.40 bits per heavy atom. The van der Waals surface area contributed by atoms with Crippen molar-refractivity contribution in [3.63, 3.8) is 0 Å². The number of amides is 2. The molecule has 1 atom stereocenters.